The number of halogens is 4. The summed E-state index contributed by atoms with van der Waals surface area (Å²) in [6.07, 6.45) is 3.53. The molecule has 5 rings (SSSR count). The van der Waals surface area contributed by atoms with E-state index in [0.29, 0.717) is 52.4 Å². The normalized spacial score (nSPS) is 17.1. The van der Waals surface area contributed by atoms with E-state index < -0.39 is 34.5 Å². The number of hydrogen-bond acceptors (Lipinski definition) is 5. The number of hydrogen-bond donors (Lipinski definition) is 1. The Kier molecular flexibility index (Phi) is 6.39. The Morgan fingerprint density at radius 2 is 1.71 bits per heavy atom. The molecule has 0 amide bonds. The summed E-state index contributed by atoms with van der Waals surface area (Å²) in [6, 6.07) is 6.42. The molecule has 1 N–H and O–H groups in total. The van der Waals surface area contributed by atoms with Crippen LogP contribution in [0.4, 0.5) is 13.2 Å². The van der Waals surface area contributed by atoms with Gasteiger partial charge >= 0.3 is 0 Å². The van der Waals surface area contributed by atoms with Crippen molar-refractivity contribution in [2.75, 3.05) is 0 Å². The average molecular weight is 541 g/mol. The fraction of sp³-hybridized carbons (Fsp3) is 0.286. The van der Waals surface area contributed by atoms with Crippen LogP contribution in [0.25, 0.3) is 17.1 Å². The van der Waals surface area contributed by atoms with E-state index in [2.05, 4.69) is 15.0 Å². The molecule has 0 spiro atoms. The van der Waals surface area contributed by atoms with Crippen LogP contribution in [-0.2, 0) is 5.60 Å². The lowest BCUT2D eigenvalue weighted by atomic mass is 10.0. The number of nitrogens with zero attached hydrogens (tertiary/aromatic N) is 4. The predicted octanol–water partition coefficient (Wildman–Crippen LogP) is 5.88. The Bertz CT molecular complexity index is 1630. The van der Waals surface area contributed by atoms with E-state index >= 15 is 0 Å². The minimum atomic E-state index is -1.25. The molecule has 3 aromatic heterocycles. The molecular formula is C28H24ClF3N4O2. The predicted molar refractivity (Wildman–Crippen MR) is 137 cm³/mol. The van der Waals surface area contributed by atoms with Crippen LogP contribution in [-0.4, -0.2) is 24.6 Å². The molecule has 0 bridgehead atoms. The molecule has 0 unspecified atom stereocenters. The monoisotopic (exact) mass is 540 g/mol. The van der Waals surface area contributed by atoms with Gasteiger partial charge in [-0.3, -0.25) is 14.3 Å². The molecule has 2 atom stereocenters. The molecule has 0 radical (unpaired) electrons. The van der Waals surface area contributed by atoms with Gasteiger partial charge in [0.05, 0.1) is 17.1 Å². The number of aromatic nitrogens is 4. The van der Waals surface area contributed by atoms with E-state index in [0.717, 1.165) is 0 Å². The smallest absolute Gasteiger partial charge is 0.274 e. The lowest BCUT2D eigenvalue weighted by molar-refractivity contribution is 0.0688. The highest BCUT2D eigenvalue weighted by Crippen LogP contribution is 2.57. The van der Waals surface area contributed by atoms with Gasteiger partial charge in [-0.1, -0.05) is 11.6 Å². The van der Waals surface area contributed by atoms with Gasteiger partial charge in [0.25, 0.3) is 5.56 Å². The SMILES string of the molecule is Cc1cnc(-c2ccnc(C(C)(C)O)n2)cc1-n1c(C)cc([C@H]2C[C@@H]2c2c(F)cc(F)cc2F)c(Cl)c1=O. The maximum Gasteiger partial charge on any atom is 0.274 e. The maximum absolute atomic E-state index is 14.3. The minimum Gasteiger partial charge on any atom is -0.382 e. The van der Waals surface area contributed by atoms with Crippen molar-refractivity contribution in [2.24, 2.45) is 0 Å². The molecule has 196 valence electrons. The van der Waals surface area contributed by atoms with Gasteiger partial charge in [0.15, 0.2) is 5.82 Å². The maximum atomic E-state index is 14.3. The summed E-state index contributed by atoms with van der Waals surface area (Å²) in [7, 11) is 0. The minimum absolute atomic E-state index is 0.0462. The standard InChI is InChI=1S/C28H24ClF3N4O2/c1-13-12-34-22(21-5-6-33-27(35-21)28(3,4)38)11-23(13)36-14(2)7-18(25(29)26(36)37)16-10-17(16)24-19(31)8-15(30)9-20(24)32/h5-9,11-12,16-17,38H,10H2,1-4H3/t16-,17-/m0/s1. The second-order valence-corrected chi connectivity index (χ2v) is 10.5. The molecule has 1 aliphatic carbocycles. The van der Waals surface area contributed by atoms with Crippen molar-refractivity contribution in [1.29, 1.82) is 0 Å². The van der Waals surface area contributed by atoms with E-state index in [-0.39, 0.29) is 22.3 Å². The zero-order chi connectivity index (χ0) is 27.5. The average Bonchev–Trinajstić information content (AvgIpc) is 3.61. The van der Waals surface area contributed by atoms with Crippen LogP contribution in [0.1, 0.15) is 60.3 Å². The molecule has 1 aromatic carbocycles. The topological polar surface area (TPSA) is 80.9 Å². The Hall–Kier alpha value is -3.56. The van der Waals surface area contributed by atoms with Crippen LogP contribution in [0.5, 0.6) is 0 Å². The fourth-order valence-corrected chi connectivity index (χ4v) is 5.04. The van der Waals surface area contributed by atoms with Crippen molar-refractivity contribution in [3.63, 3.8) is 0 Å². The number of benzene rings is 1. The molecule has 10 heteroatoms. The molecule has 1 fully saturated rings. The zero-order valence-electron chi connectivity index (χ0n) is 21.1. The number of rotatable bonds is 5. The number of aliphatic hydroxyl groups is 1. The molecule has 1 aliphatic rings. The van der Waals surface area contributed by atoms with E-state index in [4.69, 9.17) is 11.6 Å². The molecule has 1 saturated carbocycles. The Balaban J connectivity index is 1.55. The molecule has 38 heavy (non-hydrogen) atoms. The van der Waals surface area contributed by atoms with Gasteiger partial charge in [-0.25, -0.2) is 23.1 Å². The highest BCUT2D eigenvalue weighted by Gasteiger charge is 2.44. The molecule has 4 aromatic rings. The molecule has 3 heterocycles. The zero-order valence-corrected chi connectivity index (χ0v) is 21.8. The number of aryl methyl sites for hydroxylation is 2. The second kappa shape index (κ2) is 9.32. The summed E-state index contributed by atoms with van der Waals surface area (Å²) in [6.45, 7) is 6.71. The van der Waals surface area contributed by atoms with E-state index in [1.807, 2.05) is 0 Å². The van der Waals surface area contributed by atoms with Crippen LogP contribution in [0, 0.1) is 31.3 Å². The first-order valence-electron chi connectivity index (χ1n) is 12.0. The van der Waals surface area contributed by atoms with Crippen molar-refractivity contribution in [2.45, 2.75) is 51.6 Å². The lowest BCUT2D eigenvalue weighted by Crippen LogP contribution is -2.23. The first kappa shape index (κ1) is 26.1. The third-order valence-corrected chi connectivity index (χ3v) is 7.13. The summed E-state index contributed by atoms with van der Waals surface area (Å²) in [4.78, 5) is 26.5. The molecule has 0 saturated heterocycles. The summed E-state index contributed by atoms with van der Waals surface area (Å²) in [5, 5.41) is 10.2. The van der Waals surface area contributed by atoms with Gasteiger partial charge in [-0.2, -0.15) is 0 Å². The van der Waals surface area contributed by atoms with E-state index in [1.54, 1.807) is 52.1 Å². The van der Waals surface area contributed by atoms with Crippen molar-refractivity contribution < 1.29 is 18.3 Å². The van der Waals surface area contributed by atoms with Crippen molar-refractivity contribution >= 4 is 11.6 Å². The van der Waals surface area contributed by atoms with Gasteiger partial charge in [0, 0.05) is 35.8 Å². The highest BCUT2D eigenvalue weighted by atomic mass is 35.5. The van der Waals surface area contributed by atoms with Crippen LogP contribution >= 0.6 is 11.6 Å². The van der Waals surface area contributed by atoms with Crippen LogP contribution < -0.4 is 5.56 Å². The molecular weight excluding hydrogens is 517 g/mol. The first-order chi connectivity index (χ1) is 17.9. The van der Waals surface area contributed by atoms with Gasteiger partial charge in [0.2, 0.25) is 0 Å². The van der Waals surface area contributed by atoms with E-state index in [9.17, 15) is 23.1 Å². The molecule has 0 aliphatic heterocycles. The summed E-state index contributed by atoms with van der Waals surface area (Å²) in [5.41, 5.74) is 1.32. The van der Waals surface area contributed by atoms with E-state index in [1.165, 1.54) is 10.8 Å². The summed E-state index contributed by atoms with van der Waals surface area (Å²) >= 11 is 6.55. The van der Waals surface area contributed by atoms with Gasteiger partial charge < -0.3 is 5.11 Å². The Labute approximate surface area is 221 Å². The Morgan fingerprint density at radius 1 is 1.03 bits per heavy atom. The second-order valence-electron chi connectivity index (χ2n) is 10.1. The van der Waals surface area contributed by atoms with Crippen molar-refractivity contribution in [3.8, 4) is 17.1 Å². The summed E-state index contributed by atoms with van der Waals surface area (Å²) in [5.74, 6) is -3.56. The Morgan fingerprint density at radius 3 is 2.37 bits per heavy atom. The molecule has 6 nitrogen and oxygen atoms in total. The van der Waals surface area contributed by atoms with Gasteiger partial charge in [0.1, 0.15) is 28.1 Å². The lowest BCUT2D eigenvalue weighted by Gasteiger charge is -2.17. The largest absolute Gasteiger partial charge is 0.382 e. The first-order valence-corrected chi connectivity index (χ1v) is 12.3. The fourth-order valence-electron chi connectivity index (χ4n) is 4.76. The van der Waals surface area contributed by atoms with Crippen LogP contribution in [0.3, 0.4) is 0 Å². The number of pyridine rings is 2. The van der Waals surface area contributed by atoms with Gasteiger partial charge in [-0.15, -0.1) is 0 Å². The van der Waals surface area contributed by atoms with Crippen molar-refractivity contribution in [3.05, 3.63) is 104 Å². The summed E-state index contributed by atoms with van der Waals surface area (Å²) < 4.78 is 43.5. The van der Waals surface area contributed by atoms with Crippen LogP contribution in [0.15, 0.2) is 47.5 Å². The van der Waals surface area contributed by atoms with Crippen molar-refractivity contribution in [1.82, 2.24) is 19.5 Å². The quantitative estimate of drug-likeness (QED) is 0.342. The van der Waals surface area contributed by atoms with Gasteiger partial charge in [-0.05, 0) is 75.3 Å². The third-order valence-electron chi connectivity index (χ3n) is 6.75. The highest BCUT2D eigenvalue weighted by molar-refractivity contribution is 6.31. The van der Waals surface area contributed by atoms with Crippen LogP contribution in [0.2, 0.25) is 5.02 Å². The third kappa shape index (κ3) is 4.61.